The van der Waals surface area contributed by atoms with Crippen LogP contribution in [0.1, 0.15) is 31.7 Å². The predicted octanol–water partition coefficient (Wildman–Crippen LogP) is 2.31. The van der Waals surface area contributed by atoms with Crippen LogP contribution in [0.3, 0.4) is 0 Å². The minimum absolute atomic E-state index is 0.0312. The third-order valence-electron chi connectivity index (χ3n) is 4.50. The van der Waals surface area contributed by atoms with Crippen LogP contribution in [0.15, 0.2) is 18.2 Å². The van der Waals surface area contributed by atoms with E-state index in [0.717, 1.165) is 24.8 Å². The summed E-state index contributed by atoms with van der Waals surface area (Å²) in [5, 5.41) is 0. The van der Waals surface area contributed by atoms with Crippen LogP contribution in [-0.4, -0.2) is 31.0 Å². The fourth-order valence-corrected chi connectivity index (χ4v) is 3.05. The molecule has 0 radical (unpaired) electrons. The highest BCUT2D eigenvalue weighted by Gasteiger charge is 2.44. The molecule has 0 spiro atoms. The summed E-state index contributed by atoms with van der Waals surface area (Å²) in [4.78, 5) is 14.2. The predicted molar refractivity (Wildman–Crippen MR) is 79.4 cm³/mol. The lowest BCUT2D eigenvalue weighted by Gasteiger charge is -2.32. The first kappa shape index (κ1) is 15.8. The number of carbonyl (C=O) groups excluding carboxylic acids is 1. The van der Waals surface area contributed by atoms with Crippen LogP contribution in [0.25, 0.3) is 0 Å². The summed E-state index contributed by atoms with van der Waals surface area (Å²) >= 11 is 0. The molecule has 0 bridgehead atoms. The smallest absolute Gasteiger partial charge is 0.230 e. The molecule has 0 saturated heterocycles. The maximum atomic E-state index is 13.7. The van der Waals surface area contributed by atoms with E-state index in [1.165, 1.54) is 13.2 Å². The molecule has 2 unspecified atom stereocenters. The van der Waals surface area contributed by atoms with Crippen molar-refractivity contribution >= 4 is 5.91 Å². The number of methoxy groups -OCH3 is 1. The zero-order valence-electron chi connectivity index (χ0n) is 12.9. The molecular formula is C16H23FN2O2. The number of nitrogens with zero attached hydrogens (tertiary/aromatic N) is 1. The Bertz CT molecular complexity index is 535. The third kappa shape index (κ3) is 3.02. The Balaban J connectivity index is 2.09. The minimum Gasteiger partial charge on any atom is -0.494 e. The maximum absolute atomic E-state index is 13.7. The average Bonchev–Trinajstić information content (AvgIpc) is 2.79. The number of hydrogen-bond acceptors (Lipinski definition) is 3. The van der Waals surface area contributed by atoms with Gasteiger partial charge >= 0.3 is 0 Å². The summed E-state index contributed by atoms with van der Waals surface area (Å²) in [7, 11) is 3.16. The van der Waals surface area contributed by atoms with E-state index in [9.17, 15) is 9.18 Å². The Morgan fingerprint density at radius 3 is 2.81 bits per heavy atom. The van der Waals surface area contributed by atoms with Crippen molar-refractivity contribution in [2.24, 2.45) is 11.1 Å². The standard InChI is InChI=1S/C16H23FN2O2/c1-16(8-4-5-14(16)18)15(20)19(2)10-11-6-7-13(21-3)12(17)9-11/h6-7,9,14H,4-5,8,10,18H2,1-3H3. The molecule has 1 amide bonds. The lowest BCUT2D eigenvalue weighted by atomic mass is 9.83. The molecule has 21 heavy (non-hydrogen) atoms. The monoisotopic (exact) mass is 294 g/mol. The molecule has 1 aromatic carbocycles. The molecule has 1 saturated carbocycles. The average molecular weight is 294 g/mol. The Morgan fingerprint density at radius 2 is 2.29 bits per heavy atom. The van der Waals surface area contributed by atoms with Crippen LogP contribution in [0.2, 0.25) is 0 Å². The normalized spacial score (nSPS) is 24.9. The number of rotatable bonds is 4. The van der Waals surface area contributed by atoms with Gasteiger partial charge in [0.2, 0.25) is 5.91 Å². The van der Waals surface area contributed by atoms with Gasteiger partial charge < -0.3 is 15.4 Å². The Labute approximate surface area is 125 Å². The molecule has 1 fully saturated rings. The van der Waals surface area contributed by atoms with Gasteiger partial charge in [0, 0.05) is 19.6 Å². The van der Waals surface area contributed by atoms with Gasteiger partial charge in [0.15, 0.2) is 11.6 Å². The van der Waals surface area contributed by atoms with Gasteiger partial charge in [0.05, 0.1) is 12.5 Å². The molecule has 2 rings (SSSR count). The molecule has 5 heteroatoms. The highest BCUT2D eigenvalue weighted by atomic mass is 19.1. The molecule has 1 aromatic rings. The number of nitrogens with two attached hydrogens (primary N) is 1. The van der Waals surface area contributed by atoms with Crippen molar-refractivity contribution in [1.82, 2.24) is 4.90 Å². The van der Waals surface area contributed by atoms with Crippen molar-refractivity contribution in [3.8, 4) is 5.75 Å². The lowest BCUT2D eigenvalue weighted by molar-refractivity contribution is -0.140. The maximum Gasteiger partial charge on any atom is 0.230 e. The van der Waals surface area contributed by atoms with E-state index in [2.05, 4.69) is 0 Å². The van der Waals surface area contributed by atoms with Gasteiger partial charge in [-0.3, -0.25) is 4.79 Å². The summed E-state index contributed by atoms with van der Waals surface area (Å²) < 4.78 is 18.6. The number of hydrogen-bond donors (Lipinski definition) is 1. The van der Waals surface area contributed by atoms with Crippen molar-refractivity contribution in [3.63, 3.8) is 0 Å². The molecule has 1 aliphatic rings. The quantitative estimate of drug-likeness (QED) is 0.927. The minimum atomic E-state index is -0.500. The largest absolute Gasteiger partial charge is 0.494 e. The second-order valence-electron chi connectivity index (χ2n) is 6.05. The van der Waals surface area contributed by atoms with Crippen LogP contribution >= 0.6 is 0 Å². The molecule has 2 atom stereocenters. The fraction of sp³-hybridized carbons (Fsp3) is 0.562. The van der Waals surface area contributed by atoms with E-state index < -0.39 is 11.2 Å². The number of ether oxygens (including phenoxy) is 1. The molecule has 4 nitrogen and oxygen atoms in total. The zero-order chi connectivity index (χ0) is 15.6. The summed E-state index contributed by atoms with van der Waals surface area (Å²) in [6, 6.07) is 4.65. The van der Waals surface area contributed by atoms with Crippen molar-refractivity contribution < 1.29 is 13.9 Å². The van der Waals surface area contributed by atoms with Gasteiger partial charge in [0.25, 0.3) is 0 Å². The van der Waals surface area contributed by atoms with Crippen LogP contribution < -0.4 is 10.5 Å². The van der Waals surface area contributed by atoms with E-state index in [0.29, 0.717) is 6.54 Å². The molecule has 0 aliphatic heterocycles. The van der Waals surface area contributed by atoms with Gasteiger partial charge in [0.1, 0.15) is 0 Å². The number of amides is 1. The first-order chi connectivity index (χ1) is 9.88. The number of halogens is 1. The summed E-state index contributed by atoms with van der Waals surface area (Å²) in [5.74, 6) is -0.180. The van der Waals surface area contributed by atoms with E-state index in [4.69, 9.17) is 10.5 Å². The van der Waals surface area contributed by atoms with E-state index in [1.807, 2.05) is 6.92 Å². The third-order valence-corrected chi connectivity index (χ3v) is 4.50. The summed E-state index contributed by atoms with van der Waals surface area (Å²) in [6.07, 6.45) is 2.68. The number of benzene rings is 1. The van der Waals surface area contributed by atoms with E-state index in [1.54, 1.807) is 24.1 Å². The fourth-order valence-electron chi connectivity index (χ4n) is 3.05. The van der Waals surface area contributed by atoms with Crippen molar-refractivity contribution in [2.75, 3.05) is 14.2 Å². The summed E-state index contributed by atoms with van der Waals surface area (Å²) in [5.41, 5.74) is 6.32. The van der Waals surface area contributed by atoms with Crippen molar-refractivity contribution in [3.05, 3.63) is 29.6 Å². The number of carbonyl (C=O) groups is 1. The van der Waals surface area contributed by atoms with Crippen LogP contribution in [0.4, 0.5) is 4.39 Å². The van der Waals surface area contributed by atoms with Crippen molar-refractivity contribution in [2.45, 2.75) is 38.8 Å². The highest BCUT2D eigenvalue weighted by Crippen LogP contribution is 2.38. The first-order valence-electron chi connectivity index (χ1n) is 7.22. The van der Waals surface area contributed by atoms with E-state index in [-0.39, 0.29) is 17.7 Å². The zero-order valence-corrected chi connectivity index (χ0v) is 12.9. The summed E-state index contributed by atoms with van der Waals surface area (Å²) in [6.45, 7) is 2.29. The Kier molecular flexibility index (Phi) is 4.52. The van der Waals surface area contributed by atoms with Crippen LogP contribution in [-0.2, 0) is 11.3 Å². The van der Waals surface area contributed by atoms with Gasteiger partial charge in [-0.15, -0.1) is 0 Å². The first-order valence-corrected chi connectivity index (χ1v) is 7.22. The molecular weight excluding hydrogens is 271 g/mol. The van der Waals surface area contributed by atoms with Gasteiger partial charge in [-0.05, 0) is 37.5 Å². The van der Waals surface area contributed by atoms with Crippen LogP contribution in [0, 0.1) is 11.2 Å². The van der Waals surface area contributed by atoms with Crippen molar-refractivity contribution in [1.29, 1.82) is 0 Å². The topological polar surface area (TPSA) is 55.6 Å². The molecule has 0 heterocycles. The van der Waals surface area contributed by atoms with Gasteiger partial charge in [-0.25, -0.2) is 4.39 Å². The Morgan fingerprint density at radius 1 is 1.57 bits per heavy atom. The van der Waals surface area contributed by atoms with Gasteiger partial charge in [-0.2, -0.15) is 0 Å². The molecule has 116 valence electrons. The molecule has 2 N–H and O–H groups in total. The second kappa shape index (κ2) is 6.02. The SMILES string of the molecule is COc1ccc(CN(C)C(=O)C2(C)CCCC2N)cc1F. The molecule has 1 aliphatic carbocycles. The Hall–Kier alpha value is -1.62. The van der Waals surface area contributed by atoms with Crippen LogP contribution in [0.5, 0.6) is 5.75 Å². The lowest BCUT2D eigenvalue weighted by Crippen LogP contribution is -2.47. The highest BCUT2D eigenvalue weighted by molar-refractivity contribution is 5.83. The molecule has 0 aromatic heterocycles. The second-order valence-corrected chi connectivity index (χ2v) is 6.05. The van der Waals surface area contributed by atoms with E-state index >= 15 is 0 Å². The van der Waals surface area contributed by atoms with Gasteiger partial charge in [-0.1, -0.05) is 12.5 Å².